The molecule has 3 aromatic rings. The summed E-state index contributed by atoms with van der Waals surface area (Å²) in [6.07, 6.45) is -3.75. The van der Waals surface area contributed by atoms with Crippen molar-refractivity contribution in [1.29, 1.82) is 0 Å². The number of aromatic nitrogens is 2. The summed E-state index contributed by atoms with van der Waals surface area (Å²) >= 11 is 2.14. The molecule has 2 aromatic carbocycles. The molecule has 0 aliphatic rings. The molecule has 152 valence electrons. The minimum atomic E-state index is -4.57. The van der Waals surface area contributed by atoms with Crippen molar-refractivity contribution in [2.45, 2.75) is 25.9 Å². The molecule has 0 saturated heterocycles. The monoisotopic (exact) mass is 512 g/mol. The quantitative estimate of drug-likeness (QED) is 0.385. The first-order valence-electron chi connectivity index (χ1n) is 8.95. The van der Waals surface area contributed by atoms with Gasteiger partial charge in [-0.1, -0.05) is 26.0 Å². The van der Waals surface area contributed by atoms with E-state index >= 15 is 0 Å². The van der Waals surface area contributed by atoms with Crippen LogP contribution in [0.5, 0.6) is 0 Å². The van der Waals surface area contributed by atoms with Crippen LogP contribution in [-0.2, 0) is 6.18 Å². The number of nitrogens with zero attached hydrogens (tertiary/aromatic N) is 3. The van der Waals surface area contributed by atoms with E-state index in [1.54, 1.807) is 19.2 Å². The van der Waals surface area contributed by atoms with Crippen LogP contribution in [0.1, 0.15) is 30.9 Å². The maximum Gasteiger partial charge on any atom is 0.421 e. The lowest BCUT2D eigenvalue weighted by atomic mass is 10.0. The second-order valence-electron chi connectivity index (χ2n) is 6.87. The number of benzene rings is 2. The summed E-state index contributed by atoms with van der Waals surface area (Å²) in [6, 6.07) is 14.8. The molecule has 1 N–H and O–H groups in total. The second kappa shape index (κ2) is 8.56. The molecule has 0 bridgehead atoms. The normalized spacial score (nSPS) is 11.6. The number of nitrogens with one attached hydrogen (secondary N) is 1. The largest absolute Gasteiger partial charge is 0.421 e. The molecule has 0 aliphatic carbocycles. The minimum absolute atomic E-state index is 0.0997. The van der Waals surface area contributed by atoms with E-state index in [2.05, 4.69) is 51.7 Å². The van der Waals surface area contributed by atoms with Crippen molar-refractivity contribution in [3.05, 3.63) is 69.4 Å². The van der Waals surface area contributed by atoms with Crippen LogP contribution in [0.3, 0.4) is 0 Å². The van der Waals surface area contributed by atoms with E-state index in [1.807, 2.05) is 36.4 Å². The second-order valence-corrected chi connectivity index (χ2v) is 8.11. The van der Waals surface area contributed by atoms with Gasteiger partial charge in [0.25, 0.3) is 0 Å². The van der Waals surface area contributed by atoms with Gasteiger partial charge < -0.3 is 10.2 Å². The summed E-state index contributed by atoms with van der Waals surface area (Å²) in [5, 5.41) is 2.99. The predicted octanol–water partition coefficient (Wildman–Crippen LogP) is 6.73. The maximum absolute atomic E-state index is 13.5. The zero-order valence-electron chi connectivity index (χ0n) is 16.1. The molecule has 0 fully saturated rings. The Balaban J connectivity index is 1.96. The number of halogens is 4. The van der Waals surface area contributed by atoms with Crippen LogP contribution in [-0.4, -0.2) is 17.0 Å². The Labute approximate surface area is 181 Å². The third kappa shape index (κ3) is 5.17. The summed E-state index contributed by atoms with van der Waals surface area (Å²) in [5.41, 5.74) is 1.58. The summed E-state index contributed by atoms with van der Waals surface area (Å²) in [6.45, 7) is 4.18. The predicted molar refractivity (Wildman–Crippen MR) is 118 cm³/mol. The SMILES string of the molecule is CC(C)c1ccc(Nc2ncc(C(F)(F)F)c(N(C)c3ccc(I)cc3)n2)cc1. The van der Waals surface area contributed by atoms with Gasteiger partial charge in [0.15, 0.2) is 5.82 Å². The van der Waals surface area contributed by atoms with Crippen molar-refractivity contribution >= 4 is 45.7 Å². The summed E-state index contributed by atoms with van der Waals surface area (Å²) < 4.78 is 41.6. The Kier molecular flexibility index (Phi) is 6.30. The van der Waals surface area contributed by atoms with Gasteiger partial charge in [0.05, 0.1) is 0 Å². The highest BCUT2D eigenvalue weighted by atomic mass is 127. The topological polar surface area (TPSA) is 41.1 Å². The molecule has 1 aromatic heterocycles. The van der Waals surface area contributed by atoms with Gasteiger partial charge in [-0.3, -0.25) is 0 Å². The maximum atomic E-state index is 13.5. The first-order chi connectivity index (χ1) is 13.6. The molecule has 0 unspecified atom stereocenters. The fourth-order valence-electron chi connectivity index (χ4n) is 2.76. The standard InChI is InChI=1S/C21H20F3IN4/c1-13(2)14-4-8-16(9-5-14)27-20-26-12-18(21(22,23)24)19(28-20)29(3)17-10-6-15(25)7-11-17/h4-13H,1-3H3,(H,26,27,28). The molecule has 0 aliphatic heterocycles. The van der Waals surface area contributed by atoms with E-state index < -0.39 is 11.7 Å². The average molecular weight is 512 g/mol. The molecule has 8 heteroatoms. The third-order valence-corrected chi connectivity index (χ3v) is 5.16. The molecule has 29 heavy (non-hydrogen) atoms. The average Bonchev–Trinajstić information content (AvgIpc) is 2.67. The van der Waals surface area contributed by atoms with Crippen molar-refractivity contribution < 1.29 is 13.2 Å². The van der Waals surface area contributed by atoms with E-state index in [0.29, 0.717) is 17.3 Å². The van der Waals surface area contributed by atoms with Gasteiger partial charge in [0.1, 0.15) is 5.56 Å². The van der Waals surface area contributed by atoms with Gasteiger partial charge in [0, 0.05) is 28.2 Å². The van der Waals surface area contributed by atoms with Gasteiger partial charge in [-0.25, -0.2) is 4.98 Å². The van der Waals surface area contributed by atoms with Crippen molar-refractivity contribution in [1.82, 2.24) is 9.97 Å². The van der Waals surface area contributed by atoms with Crippen LogP contribution in [0.2, 0.25) is 0 Å². The van der Waals surface area contributed by atoms with Gasteiger partial charge in [-0.2, -0.15) is 18.2 Å². The molecule has 4 nitrogen and oxygen atoms in total. The van der Waals surface area contributed by atoms with Gasteiger partial charge in [-0.05, 0) is 70.5 Å². The number of anilines is 4. The molecular formula is C21H20F3IN4. The number of alkyl halides is 3. The van der Waals surface area contributed by atoms with Crippen LogP contribution >= 0.6 is 22.6 Å². The smallest absolute Gasteiger partial charge is 0.329 e. The van der Waals surface area contributed by atoms with E-state index in [4.69, 9.17) is 0 Å². The first-order valence-corrected chi connectivity index (χ1v) is 10.0. The lowest BCUT2D eigenvalue weighted by molar-refractivity contribution is -0.137. The van der Waals surface area contributed by atoms with Crippen LogP contribution in [0.4, 0.5) is 36.3 Å². The zero-order chi connectivity index (χ0) is 21.2. The Hall–Kier alpha value is -2.36. The van der Waals surface area contributed by atoms with Crippen LogP contribution in [0.25, 0.3) is 0 Å². The van der Waals surface area contributed by atoms with Gasteiger partial charge in [0.2, 0.25) is 5.95 Å². The fourth-order valence-corrected chi connectivity index (χ4v) is 3.12. The molecule has 0 spiro atoms. The van der Waals surface area contributed by atoms with Crippen molar-refractivity contribution in [3.8, 4) is 0 Å². The fraction of sp³-hybridized carbons (Fsp3) is 0.238. The van der Waals surface area contributed by atoms with E-state index in [1.165, 1.54) is 10.5 Å². The molecule has 1 heterocycles. The molecule has 0 amide bonds. The summed E-state index contributed by atoms with van der Waals surface area (Å²) in [7, 11) is 1.56. The van der Waals surface area contributed by atoms with E-state index in [9.17, 15) is 13.2 Å². The number of hydrogen-bond acceptors (Lipinski definition) is 4. The van der Waals surface area contributed by atoms with Crippen molar-refractivity contribution in [2.75, 3.05) is 17.3 Å². The van der Waals surface area contributed by atoms with Crippen molar-refractivity contribution in [3.63, 3.8) is 0 Å². The number of hydrogen-bond donors (Lipinski definition) is 1. The molecule has 0 saturated carbocycles. The molecule has 3 rings (SSSR count). The molecular weight excluding hydrogens is 492 g/mol. The highest BCUT2D eigenvalue weighted by Gasteiger charge is 2.36. The Morgan fingerprint density at radius 2 is 1.62 bits per heavy atom. The minimum Gasteiger partial charge on any atom is -0.329 e. The highest BCUT2D eigenvalue weighted by Crippen LogP contribution is 2.37. The van der Waals surface area contributed by atoms with Crippen molar-refractivity contribution in [2.24, 2.45) is 0 Å². The lowest BCUT2D eigenvalue weighted by Crippen LogP contribution is -2.19. The van der Waals surface area contributed by atoms with E-state index in [-0.39, 0.29) is 11.8 Å². The number of rotatable bonds is 5. The van der Waals surface area contributed by atoms with Gasteiger partial charge >= 0.3 is 6.18 Å². The third-order valence-electron chi connectivity index (χ3n) is 4.44. The van der Waals surface area contributed by atoms with Crippen LogP contribution in [0, 0.1) is 3.57 Å². The van der Waals surface area contributed by atoms with Crippen LogP contribution < -0.4 is 10.2 Å². The van der Waals surface area contributed by atoms with E-state index in [0.717, 1.165) is 9.77 Å². The zero-order valence-corrected chi connectivity index (χ0v) is 18.3. The van der Waals surface area contributed by atoms with Crippen LogP contribution in [0.15, 0.2) is 54.7 Å². The Morgan fingerprint density at radius 1 is 1.00 bits per heavy atom. The lowest BCUT2D eigenvalue weighted by Gasteiger charge is -2.23. The Bertz CT molecular complexity index is 971. The summed E-state index contributed by atoms with van der Waals surface area (Å²) in [4.78, 5) is 9.46. The first kappa shape index (κ1) is 21.4. The molecule has 0 atom stereocenters. The molecule has 0 radical (unpaired) electrons. The summed E-state index contributed by atoms with van der Waals surface area (Å²) in [5.74, 6) is 0.276. The van der Waals surface area contributed by atoms with Gasteiger partial charge in [-0.15, -0.1) is 0 Å². The highest BCUT2D eigenvalue weighted by molar-refractivity contribution is 14.1. The Morgan fingerprint density at radius 3 is 2.17 bits per heavy atom.